The van der Waals surface area contributed by atoms with Gasteiger partial charge in [-0.05, 0) is 30.7 Å². The molecular weight excluding hydrogens is 483 g/mol. The van der Waals surface area contributed by atoms with Gasteiger partial charge in [-0.25, -0.2) is 22.8 Å². The Morgan fingerprint density at radius 1 is 1.17 bits per heavy atom. The first-order valence-electron chi connectivity index (χ1n) is 12.7. The van der Waals surface area contributed by atoms with Crippen molar-refractivity contribution in [2.45, 2.75) is 49.3 Å². The van der Waals surface area contributed by atoms with Crippen LogP contribution in [0.3, 0.4) is 0 Å². The zero-order valence-electron chi connectivity index (χ0n) is 22.0. The van der Waals surface area contributed by atoms with E-state index in [1.165, 1.54) is 18.5 Å². The molecule has 3 heterocycles. The van der Waals surface area contributed by atoms with E-state index in [1.54, 1.807) is 19.1 Å². The summed E-state index contributed by atoms with van der Waals surface area (Å²) in [6.45, 7) is 0.916. The number of sulfone groups is 1. The lowest BCUT2D eigenvalue weighted by Crippen LogP contribution is -2.58. The molecule has 3 atom stereocenters. The summed E-state index contributed by atoms with van der Waals surface area (Å²) in [5.74, 6) is -0.0390. The molecule has 1 N–H and O–H groups in total. The zero-order valence-corrected chi connectivity index (χ0v) is 20.8. The van der Waals surface area contributed by atoms with Crippen molar-refractivity contribution in [3.8, 4) is 5.88 Å². The number of fused-ring (bicyclic) bond motifs is 2. The van der Waals surface area contributed by atoms with E-state index < -0.39 is 22.2 Å². The van der Waals surface area contributed by atoms with Crippen LogP contribution in [0.1, 0.15) is 26.7 Å². The number of anilines is 2. The number of aromatic nitrogens is 2. The van der Waals surface area contributed by atoms with Crippen molar-refractivity contribution in [2.75, 3.05) is 24.8 Å². The minimum atomic E-state index is -3.53. The van der Waals surface area contributed by atoms with Gasteiger partial charge in [-0.15, -0.1) is 0 Å². The first kappa shape index (κ1) is 22.1. The van der Waals surface area contributed by atoms with Gasteiger partial charge in [0.25, 0.3) is 0 Å². The second kappa shape index (κ2) is 10.1. The Kier molecular flexibility index (Phi) is 6.22. The summed E-state index contributed by atoms with van der Waals surface area (Å²) in [6, 6.07) is 12.4. The number of hydrogen-bond donors (Lipinski definition) is 1. The van der Waals surface area contributed by atoms with Crippen LogP contribution in [-0.4, -0.2) is 60.9 Å². The number of piperidine rings is 1. The van der Waals surface area contributed by atoms with Gasteiger partial charge in [0.1, 0.15) is 24.1 Å². The van der Waals surface area contributed by atoms with Crippen LogP contribution in [0, 0.1) is 12.7 Å². The smallest absolute Gasteiger partial charge is 0.221 e. The minimum absolute atomic E-state index is 0.0771. The highest BCUT2D eigenvalue weighted by molar-refractivity contribution is 7.90. The quantitative estimate of drug-likeness (QED) is 0.508. The normalized spacial score (nSPS) is 23.5. The molecule has 0 aliphatic carbocycles. The van der Waals surface area contributed by atoms with E-state index in [-0.39, 0.29) is 28.8 Å². The van der Waals surface area contributed by atoms with Crippen molar-refractivity contribution in [3.05, 3.63) is 71.8 Å². The molecule has 5 rings (SSSR count). The predicted molar refractivity (Wildman–Crippen MR) is 134 cm³/mol. The van der Waals surface area contributed by atoms with Crippen LogP contribution in [0.2, 0.25) is 0 Å². The second-order valence-electron chi connectivity index (χ2n) is 9.13. The molecule has 1 aromatic heterocycles. The molecule has 0 saturated carbocycles. The fraction of sp³-hybridized carbons (Fsp3) is 0.385. The third-order valence-corrected chi connectivity index (χ3v) is 7.56. The topological polar surface area (TPSA) is 93.7 Å². The van der Waals surface area contributed by atoms with Crippen molar-refractivity contribution in [3.63, 3.8) is 0 Å². The molecule has 0 amide bonds. The minimum Gasteiger partial charge on any atom is -0.474 e. The van der Waals surface area contributed by atoms with Crippen molar-refractivity contribution < 1.29 is 25.0 Å². The number of rotatable bonds is 7. The summed E-state index contributed by atoms with van der Waals surface area (Å²) in [5, 5.41) is 2.90. The molecule has 2 unspecified atom stereocenters. The molecule has 0 spiro atoms. The van der Waals surface area contributed by atoms with Gasteiger partial charge in [0.05, 0.1) is 29.4 Å². The molecule has 2 fully saturated rings. The average molecular weight is 515 g/mol. The summed E-state index contributed by atoms with van der Waals surface area (Å²) in [4.78, 5) is 10.3. The van der Waals surface area contributed by atoms with Gasteiger partial charge in [0.15, 0.2) is 9.84 Å². The van der Waals surface area contributed by atoms with Crippen LogP contribution in [-0.2, 0) is 21.1 Å². The number of nitrogens with one attached hydrogen (secondary N) is 1. The first-order chi connectivity index (χ1) is 18.0. The van der Waals surface area contributed by atoms with Crippen LogP contribution < -0.4 is 10.1 Å². The van der Waals surface area contributed by atoms with E-state index in [9.17, 15) is 12.8 Å². The maximum atomic E-state index is 14.6. The summed E-state index contributed by atoms with van der Waals surface area (Å²) < 4.78 is 67.9. The molecule has 190 valence electrons. The van der Waals surface area contributed by atoms with Crippen LogP contribution in [0.15, 0.2) is 59.8 Å². The number of morpholine rings is 1. The van der Waals surface area contributed by atoms with Crippen LogP contribution >= 0.6 is 0 Å². The van der Waals surface area contributed by atoms with Crippen molar-refractivity contribution in [1.82, 2.24) is 14.9 Å². The Bertz CT molecular complexity index is 1410. The van der Waals surface area contributed by atoms with Gasteiger partial charge in [0.2, 0.25) is 5.88 Å². The zero-order chi connectivity index (χ0) is 27.1. The number of ether oxygens (including phenoxy) is 2. The molecule has 3 aromatic rings. The number of benzene rings is 2. The maximum absolute atomic E-state index is 14.6. The summed E-state index contributed by atoms with van der Waals surface area (Å²) >= 11 is 0. The molecule has 36 heavy (non-hydrogen) atoms. The second-order valence-corrected chi connectivity index (χ2v) is 11.1. The standard InChI is InChI=1S/C26H29FN4O4S/c1-17-25(30-24-9-8-22(12-23(24)27)36(2,32)33)28-16-29-26(17)35-21-10-19-14-34-15-20(11-21)31(19)13-18-6-4-3-5-7-18/h3-9,12,16,19-21H,10-11,13-15H2,1-2H3,(H,28,29,30)/t19-,20?,21?/m1/s1/i13D2. The molecule has 2 bridgehead atoms. The van der Waals surface area contributed by atoms with Crippen molar-refractivity contribution in [2.24, 2.45) is 0 Å². The first-order valence-corrected chi connectivity index (χ1v) is 13.6. The largest absolute Gasteiger partial charge is 0.474 e. The van der Waals surface area contributed by atoms with E-state index >= 15 is 0 Å². The number of nitrogens with zero attached hydrogens (tertiary/aromatic N) is 3. The van der Waals surface area contributed by atoms with Crippen LogP contribution in [0.5, 0.6) is 5.88 Å². The van der Waals surface area contributed by atoms with Gasteiger partial charge in [-0.3, -0.25) is 4.90 Å². The average Bonchev–Trinajstić information content (AvgIpc) is 2.87. The summed E-state index contributed by atoms with van der Waals surface area (Å²) in [6.07, 6.45) is 3.23. The Labute approximate surface area is 213 Å². The molecule has 2 saturated heterocycles. The van der Waals surface area contributed by atoms with E-state index in [1.807, 2.05) is 23.1 Å². The van der Waals surface area contributed by atoms with Crippen molar-refractivity contribution >= 4 is 21.3 Å². The number of halogens is 1. The third-order valence-electron chi connectivity index (χ3n) is 6.45. The Hall–Kier alpha value is -3.08. The molecule has 2 aliphatic rings. The highest BCUT2D eigenvalue weighted by Gasteiger charge is 2.40. The number of hydrogen-bond acceptors (Lipinski definition) is 8. The van der Waals surface area contributed by atoms with E-state index in [0.29, 0.717) is 48.9 Å². The molecular formula is C26H29FN4O4S. The lowest BCUT2D eigenvalue weighted by Gasteiger charge is -2.48. The van der Waals surface area contributed by atoms with E-state index in [4.69, 9.17) is 12.2 Å². The predicted octanol–water partition coefficient (Wildman–Crippen LogP) is 3.88. The van der Waals surface area contributed by atoms with Gasteiger partial charge in [0, 0.05) is 40.4 Å². The lowest BCUT2D eigenvalue weighted by molar-refractivity contribution is -0.104. The fourth-order valence-electron chi connectivity index (χ4n) is 4.60. The molecule has 2 aromatic carbocycles. The van der Waals surface area contributed by atoms with Gasteiger partial charge in [-0.2, -0.15) is 0 Å². The molecule has 2 aliphatic heterocycles. The van der Waals surface area contributed by atoms with E-state index in [2.05, 4.69) is 15.3 Å². The van der Waals surface area contributed by atoms with Crippen LogP contribution in [0.4, 0.5) is 15.9 Å². The molecule has 10 heteroatoms. The monoisotopic (exact) mass is 514 g/mol. The Morgan fingerprint density at radius 2 is 1.89 bits per heavy atom. The highest BCUT2D eigenvalue weighted by atomic mass is 32.2. The maximum Gasteiger partial charge on any atom is 0.221 e. The summed E-state index contributed by atoms with van der Waals surface area (Å²) in [5.41, 5.74) is 1.26. The van der Waals surface area contributed by atoms with Gasteiger partial charge in [-0.1, -0.05) is 30.3 Å². The van der Waals surface area contributed by atoms with Gasteiger partial charge >= 0.3 is 0 Å². The highest BCUT2D eigenvalue weighted by Crippen LogP contribution is 2.33. The van der Waals surface area contributed by atoms with Crippen molar-refractivity contribution in [1.29, 1.82) is 0 Å². The fourth-order valence-corrected chi connectivity index (χ4v) is 5.23. The Balaban J connectivity index is 1.32. The van der Waals surface area contributed by atoms with E-state index in [0.717, 1.165) is 12.3 Å². The Morgan fingerprint density at radius 3 is 2.56 bits per heavy atom. The summed E-state index contributed by atoms with van der Waals surface area (Å²) in [7, 11) is -3.53. The van der Waals surface area contributed by atoms with Crippen LogP contribution in [0.25, 0.3) is 0 Å². The molecule has 0 radical (unpaired) electrons. The SMILES string of the molecule is [2H]C([2H])(c1ccccc1)N1C2COC[C@H]1CC(Oc1ncnc(Nc3ccc(S(C)(=O)=O)cc3F)c1C)C2. The van der Waals surface area contributed by atoms with Gasteiger partial charge < -0.3 is 14.8 Å². The lowest BCUT2D eigenvalue weighted by atomic mass is 9.91. The third kappa shape index (κ3) is 5.35. The molecule has 8 nitrogen and oxygen atoms in total.